The van der Waals surface area contributed by atoms with E-state index in [4.69, 9.17) is 5.73 Å². The molecule has 0 atom stereocenters. The van der Waals surface area contributed by atoms with Gasteiger partial charge in [-0.15, -0.1) is 0 Å². The maximum atomic E-state index is 5.74. The van der Waals surface area contributed by atoms with Crippen molar-refractivity contribution in [1.82, 2.24) is 15.3 Å². The first-order valence-corrected chi connectivity index (χ1v) is 10.6. The highest BCUT2D eigenvalue weighted by atomic mass is 15.0. The van der Waals surface area contributed by atoms with Crippen molar-refractivity contribution in [3.8, 4) is 0 Å². The molecule has 5 rings (SSSR count). The van der Waals surface area contributed by atoms with Crippen LogP contribution in [0.1, 0.15) is 28.9 Å². The number of nitrogens with one attached hydrogen (secondary N) is 3. The zero-order valence-electron chi connectivity index (χ0n) is 17.2. The molecule has 5 nitrogen and oxygen atoms in total. The fourth-order valence-corrected chi connectivity index (χ4v) is 3.75. The Morgan fingerprint density at radius 1 is 0.867 bits per heavy atom. The number of hydrogen-bond acceptors (Lipinski definition) is 4. The monoisotopic (exact) mass is 399 g/mol. The van der Waals surface area contributed by atoms with E-state index < -0.39 is 0 Å². The summed E-state index contributed by atoms with van der Waals surface area (Å²) in [6.07, 6.45) is 2.51. The Morgan fingerprint density at radius 3 is 2.47 bits per heavy atom. The van der Waals surface area contributed by atoms with Gasteiger partial charge in [0.1, 0.15) is 5.82 Å². The summed E-state index contributed by atoms with van der Waals surface area (Å²) in [6, 6.07) is 24.8. The van der Waals surface area contributed by atoms with Gasteiger partial charge in [-0.1, -0.05) is 54.6 Å². The highest BCUT2D eigenvalue weighted by Crippen LogP contribution is 2.20. The number of nitrogens with two attached hydrogens (primary N) is 1. The summed E-state index contributed by atoms with van der Waals surface area (Å²) < 4.78 is 0. The van der Waals surface area contributed by atoms with Gasteiger partial charge in [-0.2, -0.15) is 0 Å². The molecular formula is C25H29N5. The fourth-order valence-electron chi connectivity index (χ4n) is 3.75. The summed E-state index contributed by atoms with van der Waals surface area (Å²) in [5, 5.41) is 6.77. The van der Waals surface area contributed by atoms with E-state index >= 15 is 0 Å². The molecule has 0 spiro atoms. The van der Waals surface area contributed by atoms with Crippen molar-refractivity contribution < 1.29 is 0 Å². The molecule has 2 heterocycles. The molecule has 0 bridgehead atoms. The predicted octanol–water partition coefficient (Wildman–Crippen LogP) is 4.36. The Bertz CT molecular complexity index is 1030. The second-order valence-electron chi connectivity index (χ2n) is 7.46. The average molecular weight is 400 g/mol. The molecule has 5 heteroatoms. The Morgan fingerprint density at radius 2 is 1.63 bits per heavy atom. The number of nitrogens with zero attached hydrogens (tertiary/aromatic N) is 1. The van der Waals surface area contributed by atoms with Crippen LogP contribution in [0.2, 0.25) is 0 Å². The lowest BCUT2D eigenvalue weighted by Crippen LogP contribution is -2.15. The van der Waals surface area contributed by atoms with Gasteiger partial charge in [0, 0.05) is 25.3 Å². The molecule has 0 aliphatic carbocycles. The number of imidazole rings is 1. The van der Waals surface area contributed by atoms with E-state index in [0.29, 0.717) is 13.1 Å². The number of rotatable bonds is 5. The first-order chi connectivity index (χ1) is 14.8. The van der Waals surface area contributed by atoms with Crippen LogP contribution >= 0.6 is 0 Å². The smallest absolute Gasteiger partial charge is 0.121 e. The third-order valence-corrected chi connectivity index (χ3v) is 5.34. The van der Waals surface area contributed by atoms with Crippen LogP contribution in [-0.4, -0.2) is 16.5 Å². The van der Waals surface area contributed by atoms with Crippen LogP contribution in [0, 0.1) is 0 Å². The van der Waals surface area contributed by atoms with Gasteiger partial charge in [0.25, 0.3) is 0 Å². The van der Waals surface area contributed by atoms with Crippen molar-refractivity contribution in [3.05, 3.63) is 95.3 Å². The molecule has 0 saturated carbocycles. The van der Waals surface area contributed by atoms with Crippen molar-refractivity contribution in [2.75, 3.05) is 11.9 Å². The van der Waals surface area contributed by atoms with Gasteiger partial charge in [-0.25, -0.2) is 4.98 Å². The normalized spacial score (nSPS) is 12.6. The van der Waals surface area contributed by atoms with E-state index in [9.17, 15) is 0 Å². The average Bonchev–Trinajstić information content (AvgIpc) is 3.23. The maximum absolute atomic E-state index is 5.74. The zero-order valence-corrected chi connectivity index (χ0v) is 17.2. The molecule has 1 aliphatic heterocycles. The van der Waals surface area contributed by atoms with Crippen LogP contribution < -0.4 is 16.4 Å². The lowest BCUT2D eigenvalue weighted by molar-refractivity contribution is 0.666. The number of hydrogen-bond donors (Lipinski definition) is 4. The molecular weight excluding hydrogens is 370 g/mol. The minimum atomic E-state index is 0.572. The van der Waals surface area contributed by atoms with Gasteiger partial charge in [0.05, 0.1) is 17.6 Å². The second kappa shape index (κ2) is 10.1. The quantitative estimate of drug-likeness (QED) is 0.402. The van der Waals surface area contributed by atoms with Crippen molar-refractivity contribution >= 4 is 16.7 Å². The zero-order chi connectivity index (χ0) is 20.6. The molecule has 5 N–H and O–H groups in total. The fraction of sp³-hybridized carbons (Fsp3) is 0.240. The number of fused-ring (bicyclic) bond motifs is 2. The molecule has 4 aromatic rings. The van der Waals surface area contributed by atoms with Crippen LogP contribution in [0.25, 0.3) is 11.0 Å². The first kappa shape index (κ1) is 20.1. The van der Waals surface area contributed by atoms with Crippen LogP contribution in [0.4, 0.5) is 5.69 Å². The molecule has 1 aliphatic rings. The Hall–Kier alpha value is -3.15. The van der Waals surface area contributed by atoms with E-state index in [-0.39, 0.29) is 0 Å². The first-order valence-electron chi connectivity index (χ1n) is 10.6. The number of aryl methyl sites for hydroxylation is 1. The van der Waals surface area contributed by atoms with Crippen LogP contribution in [0.5, 0.6) is 0 Å². The summed E-state index contributed by atoms with van der Waals surface area (Å²) in [5.41, 5.74) is 13.0. The highest BCUT2D eigenvalue weighted by molar-refractivity contribution is 5.74. The van der Waals surface area contributed by atoms with Gasteiger partial charge in [0.15, 0.2) is 0 Å². The standard InChI is InChI=1S/C16H18N4.C9H11N/c17-9-12-5-1-2-6-13(12)10-18-11-16-19-14-7-3-4-8-15(14)20-16;1-2-6-9-8(4-1)5-3-7-10-9/h1-8,18H,9-11,17H2,(H,19,20);1-2,4,6,10H,3,5,7H2. The second-order valence-corrected chi connectivity index (χ2v) is 7.46. The van der Waals surface area contributed by atoms with Crippen molar-refractivity contribution in [1.29, 1.82) is 0 Å². The number of aromatic nitrogens is 2. The van der Waals surface area contributed by atoms with Gasteiger partial charge in [0.2, 0.25) is 0 Å². The van der Waals surface area contributed by atoms with Crippen molar-refractivity contribution in [2.45, 2.75) is 32.5 Å². The molecule has 0 amide bonds. The van der Waals surface area contributed by atoms with Gasteiger partial charge < -0.3 is 21.4 Å². The largest absolute Gasteiger partial charge is 0.385 e. The third kappa shape index (κ3) is 5.06. The van der Waals surface area contributed by atoms with Crippen LogP contribution in [-0.2, 0) is 26.1 Å². The number of para-hydroxylation sites is 3. The minimum Gasteiger partial charge on any atom is -0.385 e. The van der Waals surface area contributed by atoms with E-state index in [1.165, 1.54) is 35.2 Å². The summed E-state index contributed by atoms with van der Waals surface area (Å²) in [7, 11) is 0. The number of H-pyrrole nitrogens is 1. The Balaban J connectivity index is 0.000000181. The highest BCUT2D eigenvalue weighted by Gasteiger charge is 2.05. The van der Waals surface area contributed by atoms with Gasteiger partial charge in [-0.3, -0.25) is 0 Å². The Kier molecular flexibility index (Phi) is 6.75. The lowest BCUT2D eigenvalue weighted by atomic mass is 10.0. The third-order valence-electron chi connectivity index (χ3n) is 5.34. The van der Waals surface area contributed by atoms with E-state index in [1.807, 2.05) is 36.4 Å². The molecule has 0 saturated heterocycles. The molecule has 1 aromatic heterocycles. The summed E-state index contributed by atoms with van der Waals surface area (Å²) in [4.78, 5) is 7.86. The van der Waals surface area contributed by atoms with E-state index in [0.717, 1.165) is 29.9 Å². The minimum absolute atomic E-state index is 0.572. The van der Waals surface area contributed by atoms with Gasteiger partial charge in [-0.05, 0) is 47.7 Å². The van der Waals surface area contributed by atoms with E-state index in [2.05, 4.69) is 57.0 Å². The molecule has 154 valence electrons. The van der Waals surface area contributed by atoms with Crippen LogP contribution in [0.15, 0.2) is 72.8 Å². The summed E-state index contributed by atoms with van der Waals surface area (Å²) >= 11 is 0. The maximum Gasteiger partial charge on any atom is 0.121 e. The number of anilines is 1. The topological polar surface area (TPSA) is 78.8 Å². The number of aromatic amines is 1. The van der Waals surface area contributed by atoms with Crippen molar-refractivity contribution in [3.63, 3.8) is 0 Å². The lowest BCUT2D eigenvalue weighted by Gasteiger charge is -2.16. The molecule has 0 radical (unpaired) electrons. The van der Waals surface area contributed by atoms with E-state index in [1.54, 1.807) is 0 Å². The predicted molar refractivity (Wildman–Crippen MR) is 124 cm³/mol. The molecule has 0 unspecified atom stereocenters. The SMILES string of the molecule is NCc1ccccc1CNCc1nc2ccccc2[nH]1.c1ccc2c(c1)CCCN2. The molecule has 0 fully saturated rings. The summed E-state index contributed by atoms with van der Waals surface area (Å²) in [6.45, 7) is 3.22. The summed E-state index contributed by atoms with van der Waals surface area (Å²) in [5.74, 6) is 0.955. The van der Waals surface area contributed by atoms with Gasteiger partial charge >= 0.3 is 0 Å². The number of benzene rings is 3. The van der Waals surface area contributed by atoms with Crippen LogP contribution in [0.3, 0.4) is 0 Å². The molecule has 3 aromatic carbocycles. The molecule has 30 heavy (non-hydrogen) atoms. The van der Waals surface area contributed by atoms with Crippen molar-refractivity contribution in [2.24, 2.45) is 5.73 Å². The Labute approximate surface area is 177 Å².